The van der Waals surface area contributed by atoms with Gasteiger partial charge in [-0.15, -0.1) is 0 Å². The van der Waals surface area contributed by atoms with E-state index < -0.39 is 6.03 Å². The molecule has 3 N–H and O–H groups in total. The molecule has 1 aliphatic rings. The van der Waals surface area contributed by atoms with Crippen molar-refractivity contribution in [2.45, 2.75) is 13.0 Å². The molecule has 2 heterocycles. The van der Waals surface area contributed by atoms with E-state index >= 15 is 0 Å². The fourth-order valence-corrected chi connectivity index (χ4v) is 3.88. The largest absolute Gasteiger partial charge is 0.351 e. The highest BCUT2D eigenvalue weighted by Gasteiger charge is 2.24. The Bertz CT molecular complexity index is 1180. The Morgan fingerprint density at radius 1 is 1.07 bits per heavy atom. The molecule has 1 aliphatic carbocycles. The minimum absolute atomic E-state index is 0.371. The van der Waals surface area contributed by atoms with Gasteiger partial charge in [0.25, 0.3) is 0 Å². The lowest BCUT2D eigenvalue weighted by Gasteiger charge is -2.20. The van der Waals surface area contributed by atoms with E-state index in [2.05, 4.69) is 33.4 Å². The summed E-state index contributed by atoms with van der Waals surface area (Å²) in [5.74, 6) is 0. The summed E-state index contributed by atoms with van der Waals surface area (Å²) in [5, 5.41) is 7.73. The molecule has 0 fully saturated rings. The van der Waals surface area contributed by atoms with Crippen LogP contribution in [0.3, 0.4) is 0 Å². The number of carbonyl (C=O) groups excluding carboxylic acids is 1. The number of H-pyrrole nitrogens is 1. The molecule has 0 radical (unpaired) electrons. The van der Waals surface area contributed by atoms with Gasteiger partial charge >= 0.3 is 6.03 Å². The van der Waals surface area contributed by atoms with Crippen molar-refractivity contribution in [2.24, 2.45) is 5.73 Å². The standard InChI is InChI=1S/C23H19N5O/c24-23(29)28(14-15-4-3-11-25-13-15)18-9-7-16(8-10-18)21-20-12-17-5-1-2-6-19(17)22(20)27-26-21/h1-11,13H,12,14H2,(H2,24,29)(H,26,27). The number of anilines is 1. The van der Waals surface area contributed by atoms with E-state index in [9.17, 15) is 4.79 Å². The van der Waals surface area contributed by atoms with Crippen LogP contribution < -0.4 is 10.6 Å². The van der Waals surface area contributed by atoms with E-state index in [0.717, 1.165) is 34.6 Å². The summed E-state index contributed by atoms with van der Waals surface area (Å²) in [6.45, 7) is 0.371. The van der Waals surface area contributed by atoms with Crippen LogP contribution in [0.15, 0.2) is 73.1 Å². The van der Waals surface area contributed by atoms with Gasteiger partial charge in [0.05, 0.1) is 17.9 Å². The van der Waals surface area contributed by atoms with Gasteiger partial charge < -0.3 is 5.73 Å². The molecule has 0 bridgehead atoms. The second-order valence-corrected chi connectivity index (χ2v) is 7.09. The quantitative estimate of drug-likeness (QED) is 0.491. The van der Waals surface area contributed by atoms with Gasteiger partial charge in [-0.05, 0) is 29.3 Å². The summed E-state index contributed by atoms with van der Waals surface area (Å²) in [6.07, 6.45) is 4.30. The Morgan fingerprint density at radius 3 is 2.66 bits per heavy atom. The molecule has 0 atom stereocenters. The number of amides is 2. The van der Waals surface area contributed by atoms with Gasteiger partial charge in [-0.2, -0.15) is 5.10 Å². The number of hydrogen-bond donors (Lipinski definition) is 2. The van der Waals surface area contributed by atoms with Crippen molar-refractivity contribution < 1.29 is 4.79 Å². The first-order valence-corrected chi connectivity index (χ1v) is 9.42. The monoisotopic (exact) mass is 381 g/mol. The molecule has 0 aliphatic heterocycles. The highest BCUT2D eigenvalue weighted by Crippen LogP contribution is 2.40. The van der Waals surface area contributed by atoms with E-state index in [0.29, 0.717) is 6.54 Å². The number of aromatic amines is 1. The van der Waals surface area contributed by atoms with Crippen molar-refractivity contribution in [3.8, 4) is 22.5 Å². The molecule has 0 spiro atoms. The molecule has 2 aromatic carbocycles. The minimum atomic E-state index is -0.502. The van der Waals surface area contributed by atoms with Gasteiger partial charge in [-0.3, -0.25) is 15.0 Å². The van der Waals surface area contributed by atoms with E-state index in [4.69, 9.17) is 5.73 Å². The number of hydrogen-bond acceptors (Lipinski definition) is 3. The number of pyridine rings is 1. The third-order valence-electron chi connectivity index (χ3n) is 5.30. The maximum absolute atomic E-state index is 12.0. The number of carbonyl (C=O) groups is 1. The number of primary amides is 1. The Balaban J connectivity index is 1.44. The average Bonchev–Trinajstić information content (AvgIpc) is 3.32. The molecular formula is C23H19N5O. The van der Waals surface area contributed by atoms with Crippen molar-refractivity contribution in [1.82, 2.24) is 15.2 Å². The number of aromatic nitrogens is 3. The first kappa shape index (κ1) is 17.2. The zero-order valence-electron chi connectivity index (χ0n) is 15.7. The van der Waals surface area contributed by atoms with Gasteiger partial charge in [0, 0.05) is 41.2 Å². The van der Waals surface area contributed by atoms with Gasteiger partial charge in [0.2, 0.25) is 0 Å². The third-order valence-corrected chi connectivity index (χ3v) is 5.30. The Kier molecular flexibility index (Phi) is 4.09. The van der Waals surface area contributed by atoms with Crippen LogP contribution in [0.5, 0.6) is 0 Å². The van der Waals surface area contributed by atoms with Gasteiger partial charge in [-0.25, -0.2) is 4.79 Å². The first-order valence-electron chi connectivity index (χ1n) is 9.42. The van der Waals surface area contributed by atoms with Crippen LogP contribution >= 0.6 is 0 Å². The maximum Gasteiger partial charge on any atom is 0.319 e. The highest BCUT2D eigenvalue weighted by atomic mass is 16.2. The molecule has 4 aromatic rings. The van der Waals surface area contributed by atoms with E-state index in [1.165, 1.54) is 21.6 Å². The predicted molar refractivity (Wildman–Crippen MR) is 112 cm³/mol. The Morgan fingerprint density at radius 2 is 1.90 bits per heavy atom. The van der Waals surface area contributed by atoms with Crippen LogP contribution in [-0.4, -0.2) is 21.2 Å². The first-order chi connectivity index (χ1) is 14.2. The summed E-state index contributed by atoms with van der Waals surface area (Å²) in [6, 6.07) is 19.4. The third kappa shape index (κ3) is 3.04. The molecule has 0 saturated heterocycles. The minimum Gasteiger partial charge on any atom is -0.351 e. The zero-order valence-corrected chi connectivity index (χ0v) is 15.7. The normalized spacial score (nSPS) is 11.7. The number of rotatable bonds is 4. The van der Waals surface area contributed by atoms with Crippen molar-refractivity contribution >= 4 is 11.7 Å². The number of nitrogens with zero attached hydrogens (tertiary/aromatic N) is 3. The lowest BCUT2D eigenvalue weighted by Crippen LogP contribution is -2.35. The summed E-state index contributed by atoms with van der Waals surface area (Å²) >= 11 is 0. The van der Waals surface area contributed by atoms with Gasteiger partial charge in [0.15, 0.2) is 0 Å². The summed E-state index contributed by atoms with van der Waals surface area (Å²) < 4.78 is 0. The fraction of sp³-hybridized carbons (Fsp3) is 0.0870. The predicted octanol–water partition coefficient (Wildman–Crippen LogP) is 4.13. The maximum atomic E-state index is 12.0. The Hall–Kier alpha value is -3.93. The number of nitrogens with one attached hydrogen (secondary N) is 1. The molecule has 0 unspecified atom stereocenters. The molecule has 5 rings (SSSR count). The van der Waals surface area contributed by atoms with Crippen LogP contribution in [0.4, 0.5) is 10.5 Å². The van der Waals surface area contributed by atoms with Crippen molar-refractivity contribution in [3.63, 3.8) is 0 Å². The van der Waals surface area contributed by atoms with E-state index in [1.807, 2.05) is 42.5 Å². The molecule has 0 saturated carbocycles. The van der Waals surface area contributed by atoms with Gasteiger partial charge in [0.1, 0.15) is 0 Å². The second kappa shape index (κ2) is 6.91. The lowest BCUT2D eigenvalue weighted by atomic mass is 10.0. The molecule has 29 heavy (non-hydrogen) atoms. The van der Waals surface area contributed by atoms with Crippen LogP contribution in [0.1, 0.15) is 16.7 Å². The lowest BCUT2D eigenvalue weighted by molar-refractivity contribution is 0.253. The molecule has 142 valence electrons. The average molecular weight is 381 g/mol. The van der Waals surface area contributed by atoms with Crippen molar-refractivity contribution in [3.05, 3.63) is 89.7 Å². The van der Waals surface area contributed by atoms with Crippen LogP contribution in [0.25, 0.3) is 22.5 Å². The zero-order chi connectivity index (χ0) is 19.8. The van der Waals surface area contributed by atoms with Gasteiger partial charge in [-0.1, -0.05) is 42.5 Å². The summed E-state index contributed by atoms with van der Waals surface area (Å²) in [5.41, 5.74) is 14.1. The Labute approximate surface area is 168 Å². The summed E-state index contributed by atoms with van der Waals surface area (Å²) in [7, 11) is 0. The number of urea groups is 1. The SMILES string of the molecule is NC(=O)N(Cc1cccnc1)c1ccc(-c2n[nH]c3c2Cc2ccccc2-3)cc1. The van der Waals surface area contributed by atoms with E-state index in [-0.39, 0.29) is 0 Å². The fourth-order valence-electron chi connectivity index (χ4n) is 3.88. The number of fused-ring (bicyclic) bond motifs is 3. The van der Waals surface area contributed by atoms with Crippen LogP contribution in [-0.2, 0) is 13.0 Å². The molecule has 2 aromatic heterocycles. The van der Waals surface area contributed by atoms with Crippen molar-refractivity contribution in [1.29, 1.82) is 0 Å². The van der Waals surface area contributed by atoms with Crippen LogP contribution in [0, 0.1) is 0 Å². The molecule has 6 heteroatoms. The van der Waals surface area contributed by atoms with Crippen LogP contribution in [0.2, 0.25) is 0 Å². The smallest absolute Gasteiger partial charge is 0.319 e. The second-order valence-electron chi connectivity index (χ2n) is 7.09. The molecule has 2 amide bonds. The number of nitrogens with two attached hydrogens (primary N) is 1. The summed E-state index contributed by atoms with van der Waals surface area (Å²) in [4.78, 5) is 17.6. The van der Waals surface area contributed by atoms with Crippen molar-refractivity contribution in [2.75, 3.05) is 4.90 Å². The molecular weight excluding hydrogens is 362 g/mol. The highest BCUT2D eigenvalue weighted by molar-refractivity contribution is 5.91. The van der Waals surface area contributed by atoms with E-state index in [1.54, 1.807) is 12.4 Å². The molecule has 6 nitrogen and oxygen atoms in total. The number of benzene rings is 2. The topological polar surface area (TPSA) is 87.9 Å².